The molecule has 0 aliphatic carbocycles. The Hall–Kier alpha value is -1.50. The van der Waals surface area contributed by atoms with Gasteiger partial charge in [0.2, 0.25) is 0 Å². The molecule has 0 saturated carbocycles. The summed E-state index contributed by atoms with van der Waals surface area (Å²) in [5.74, 6) is -1.36. The zero-order chi connectivity index (χ0) is 16.0. The molecule has 0 spiro atoms. The van der Waals surface area contributed by atoms with Gasteiger partial charge < -0.3 is 19.5 Å². The zero-order valence-electron chi connectivity index (χ0n) is 11.6. The van der Waals surface area contributed by atoms with E-state index in [1.54, 1.807) is 0 Å². The molecular formula is C13H15Cl2NO5. The van der Waals surface area contributed by atoms with Crippen LogP contribution < -0.4 is 4.74 Å². The number of carbonyl (C=O) groups excluding carboxylic acids is 1. The number of nitrogens with zero attached hydrogens (tertiary/aromatic N) is 1. The van der Waals surface area contributed by atoms with Crippen molar-refractivity contribution in [2.24, 2.45) is 0 Å². The van der Waals surface area contributed by atoms with Crippen LogP contribution in [0.25, 0.3) is 0 Å². The van der Waals surface area contributed by atoms with Crippen molar-refractivity contribution in [2.75, 3.05) is 33.9 Å². The number of rotatable bonds is 7. The third kappa shape index (κ3) is 4.77. The SMILES string of the molecule is COCCN(CC(=O)O)C(=O)c1cc(Cl)c(OC)c(Cl)c1. The molecular weight excluding hydrogens is 321 g/mol. The first-order chi connectivity index (χ1) is 9.90. The molecule has 1 rings (SSSR count). The molecule has 1 aromatic rings. The van der Waals surface area contributed by atoms with Gasteiger partial charge in [0.15, 0.2) is 5.75 Å². The average Bonchev–Trinajstić information content (AvgIpc) is 2.41. The summed E-state index contributed by atoms with van der Waals surface area (Å²) in [6.07, 6.45) is 0. The van der Waals surface area contributed by atoms with E-state index in [1.807, 2.05) is 0 Å². The van der Waals surface area contributed by atoms with Crippen LogP contribution >= 0.6 is 23.2 Å². The Labute approximate surface area is 132 Å². The van der Waals surface area contributed by atoms with Gasteiger partial charge in [0, 0.05) is 19.2 Å². The lowest BCUT2D eigenvalue weighted by Crippen LogP contribution is -2.38. The van der Waals surface area contributed by atoms with E-state index < -0.39 is 18.4 Å². The number of hydrogen-bond acceptors (Lipinski definition) is 4. The Bertz CT molecular complexity index is 512. The maximum atomic E-state index is 12.3. The predicted molar refractivity (Wildman–Crippen MR) is 78.4 cm³/mol. The van der Waals surface area contributed by atoms with Gasteiger partial charge >= 0.3 is 5.97 Å². The molecule has 0 unspecified atom stereocenters. The van der Waals surface area contributed by atoms with Gasteiger partial charge in [-0.2, -0.15) is 0 Å². The Balaban J connectivity index is 3.05. The molecule has 1 N–H and O–H groups in total. The van der Waals surface area contributed by atoms with Crippen LogP contribution in [0.3, 0.4) is 0 Å². The van der Waals surface area contributed by atoms with Gasteiger partial charge in [-0.1, -0.05) is 23.2 Å². The number of amides is 1. The highest BCUT2D eigenvalue weighted by Crippen LogP contribution is 2.34. The fourth-order valence-electron chi connectivity index (χ4n) is 1.68. The highest BCUT2D eigenvalue weighted by Gasteiger charge is 2.21. The van der Waals surface area contributed by atoms with E-state index in [-0.39, 0.29) is 34.5 Å². The molecule has 21 heavy (non-hydrogen) atoms. The van der Waals surface area contributed by atoms with Crippen molar-refractivity contribution < 1.29 is 24.2 Å². The van der Waals surface area contributed by atoms with Gasteiger partial charge in [0.25, 0.3) is 5.91 Å². The number of carboxylic acids is 1. The lowest BCUT2D eigenvalue weighted by atomic mass is 10.2. The van der Waals surface area contributed by atoms with Crippen molar-refractivity contribution in [3.8, 4) is 5.75 Å². The fourth-order valence-corrected chi connectivity index (χ4v) is 2.32. The minimum atomic E-state index is -1.12. The van der Waals surface area contributed by atoms with E-state index in [4.69, 9.17) is 37.8 Å². The fraction of sp³-hybridized carbons (Fsp3) is 0.385. The number of carbonyl (C=O) groups is 2. The lowest BCUT2D eigenvalue weighted by Gasteiger charge is -2.21. The first-order valence-corrected chi connectivity index (χ1v) is 6.69. The molecule has 0 radical (unpaired) electrons. The molecule has 0 bridgehead atoms. The van der Waals surface area contributed by atoms with Crippen molar-refractivity contribution in [3.63, 3.8) is 0 Å². The van der Waals surface area contributed by atoms with E-state index in [9.17, 15) is 9.59 Å². The van der Waals surface area contributed by atoms with Crippen LogP contribution in [-0.4, -0.2) is 55.8 Å². The first kappa shape index (κ1) is 17.6. The van der Waals surface area contributed by atoms with Crippen LogP contribution in [0.5, 0.6) is 5.75 Å². The third-order valence-corrected chi connectivity index (χ3v) is 3.19. The summed E-state index contributed by atoms with van der Waals surface area (Å²) in [6.45, 7) is -0.0804. The summed E-state index contributed by atoms with van der Waals surface area (Å²) >= 11 is 11.9. The molecule has 0 aliphatic heterocycles. The van der Waals surface area contributed by atoms with E-state index in [0.29, 0.717) is 0 Å². The summed E-state index contributed by atoms with van der Waals surface area (Å²) in [5.41, 5.74) is 0.183. The van der Waals surface area contributed by atoms with Crippen molar-refractivity contribution in [1.82, 2.24) is 4.90 Å². The van der Waals surface area contributed by atoms with Crippen LogP contribution in [0.15, 0.2) is 12.1 Å². The molecule has 0 saturated heterocycles. The van der Waals surface area contributed by atoms with Crippen LogP contribution in [0.1, 0.15) is 10.4 Å². The molecule has 1 amide bonds. The lowest BCUT2D eigenvalue weighted by molar-refractivity contribution is -0.137. The molecule has 0 aromatic heterocycles. The number of carboxylic acid groups (broad SMARTS) is 1. The average molecular weight is 336 g/mol. The number of ether oxygens (including phenoxy) is 2. The maximum Gasteiger partial charge on any atom is 0.323 e. The monoisotopic (exact) mass is 335 g/mol. The highest BCUT2D eigenvalue weighted by molar-refractivity contribution is 6.37. The van der Waals surface area contributed by atoms with Crippen molar-refractivity contribution >= 4 is 35.1 Å². The maximum absolute atomic E-state index is 12.3. The smallest absolute Gasteiger partial charge is 0.323 e. The topological polar surface area (TPSA) is 76.1 Å². The van der Waals surface area contributed by atoms with Gasteiger partial charge in [-0.3, -0.25) is 9.59 Å². The second-order valence-corrected chi connectivity index (χ2v) is 4.90. The molecule has 8 heteroatoms. The molecule has 1 aromatic carbocycles. The van der Waals surface area contributed by atoms with Gasteiger partial charge in [-0.05, 0) is 12.1 Å². The molecule has 0 aliphatic rings. The Morgan fingerprint density at radius 3 is 2.24 bits per heavy atom. The molecule has 0 fully saturated rings. The second-order valence-electron chi connectivity index (χ2n) is 4.09. The van der Waals surface area contributed by atoms with Crippen LogP contribution in [0.2, 0.25) is 10.0 Å². The van der Waals surface area contributed by atoms with Crippen LogP contribution in [0.4, 0.5) is 0 Å². The van der Waals surface area contributed by atoms with E-state index in [2.05, 4.69) is 0 Å². The van der Waals surface area contributed by atoms with E-state index in [0.717, 1.165) is 4.90 Å². The molecule has 0 heterocycles. The van der Waals surface area contributed by atoms with Gasteiger partial charge in [-0.25, -0.2) is 0 Å². The van der Waals surface area contributed by atoms with Gasteiger partial charge in [0.05, 0.1) is 23.8 Å². The minimum Gasteiger partial charge on any atom is -0.494 e. The van der Waals surface area contributed by atoms with Gasteiger partial charge in [0.1, 0.15) is 6.54 Å². The van der Waals surface area contributed by atoms with E-state index in [1.165, 1.54) is 26.4 Å². The number of halogens is 2. The molecule has 6 nitrogen and oxygen atoms in total. The molecule has 0 atom stereocenters. The summed E-state index contributed by atoms with van der Waals surface area (Å²) < 4.78 is 9.86. The standard InChI is InChI=1S/C13H15Cl2NO5/c1-20-4-3-16(7-11(17)18)13(19)8-5-9(14)12(21-2)10(15)6-8/h5-6H,3-4,7H2,1-2H3,(H,17,18). The summed E-state index contributed by atoms with van der Waals surface area (Å²) in [6, 6.07) is 2.77. The quantitative estimate of drug-likeness (QED) is 0.826. The van der Waals surface area contributed by atoms with Crippen LogP contribution in [0, 0.1) is 0 Å². The summed E-state index contributed by atoms with van der Waals surface area (Å²) in [4.78, 5) is 24.3. The van der Waals surface area contributed by atoms with Crippen LogP contribution in [-0.2, 0) is 9.53 Å². The van der Waals surface area contributed by atoms with Crippen molar-refractivity contribution in [3.05, 3.63) is 27.7 Å². The summed E-state index contributed by atoms with van der Waals surface area (Å²) in [7, 11) is 2.87. The van der Waals surface area contributed by atoms with Crippen molar-refractivity contribution in [2.45, 2.75) is 0 Å². The Morgan fingerprint density at radius 2 is 1.81 bits per heavy atom. The predicted octanol–water partition coefficient (Wildman–Crippen LogP) is 2.18. The highest BCUT2D eigenvalue weighted by atomic mass is 35.5. The minimum absolute atomic E-state index is 0.142. The van der Waals surface area contributed by atoms with E-state index >= 15 is 0 Å². The zero-order valence-corrected chi connectivity index (χ0v) is 13.1. The largest absolute Gasteiger partial charge is 0.494 e. The number of methoxy groups -OCH3 is 2. The molecule has 116 valence electrons. The second kappa shape index (κ2) is 8.07. The first-order valence-electron chi connectivity index (χ1n) is 5.93. The van der Waals surface area contributed by atoms with Gasteiger partial charge in [-0.15, -0.1) is 0 Å². The third-order valence-electron chi connectivity index (χ3n) is 2.63. The number of benzene rings is 1. The Morgan fingerprint density at radius 1 is 1.24 bits per heavy atom. The number of aliphatic carboxylic acids is 1. The van der Waals surface area contributed by atoms with Crippen molar-refractivity contribution in [1.29, 1.82) is 0 Å². The normalized spacial score (nSPS) is 10.3. The summed E-state index contributed by atoms with van der Waals surface area (Å²) in [5, 5.41) is 9.22. The Kier molecular flexibility index (Phi) is 6.74. The number of hydrogen-bond donors (Lipinski definition) is 1.